The maximum absolute atomic E-state index is 11.0. The van der Waals surface area contributed by atoms with Gasteiger partial charge in [0.05, 0.1) is 11.3 Å². The summed E-state index contributed by atoms with van der Waals surface area (Å²) in [5, 5.41) is 15.5. The van der Waals surface area contributed by atoms with Gasteiger partial charge in [0.15, 0.2) is 0 Å². The zero-order chi connectivity index (χ0) is 16.4. The number of nitrogens with zero attached hydrogens (tertiary/aromatic N) is 3. The van der Waals surface area contributed by atoms with Gasteiger partial charge in [-0.15, -0.1) is 0 Å². The van der Waals surface area contributed by atoms with Crippen LogP contribution in [0.3, 0.4) is 0 Å². The molecule has 1 aliphatic rings. The molecule has 3 rings (SSSR count). The molecule has 0 atom stereocenters. The molecule has 1 N–H and O–H groups in total. The zero-order valence-corrected chi connectivity index (χ0v) is 14.4. The summed E-state index contributed by atoms with van der Waals surface area (Å²) < 4.78 is 2.00. The lowest BCUT2D eigenvalue weighted by molar-refractivity contribution is -0.0277. The molecule has 23 heavy (non-hydrogen) atoms. The van der Waals surface area contributed by atoms with E-state index in [0.717, 1.165) is 50.3 Å². The monoisotopic (exact) mass is 313 g/mol. The lowest BCUT2D eigenvalue weighted by atomic mass is 9.84. The molecular formula is C19H27N3O. The van der Waals surface area contributed by atoms with Gasteiger partial charge in [0.25, 0.3) is 0 Å². The number of rotatable bonds is 4. The predicted octanol–water partition coefficient (Wildman–Crippen LogP) is 3.00. The van der Waals surface area contributed by atoms with Crippen LogP contribution in [-0.4, -0.2) is 32.9 Å². The maximum Gasteiger partial charge on any atom is 0.0920 e. The second kappa shape index (κ2) is 6.46. The van der Waals surface area contributed by atoms with Crippen LogP contribution in [-0.2, 0) is 18.7 Å². The van der Waals surface area contributed by atoms with Gasteiger partial charge < -0.3 is 5.11 Å². The van der Waals surface area contributed by atoms with Gasteiger partial charge in [-0.05, 0) is 39.2 Å². The standard InChI is InChI=1S/C19H27N3O/c1-4-22-14-17(16(3)20-22)13-21-11-9-19(23,10-12-21)18-7-5-15(2)6-8-18/h5-8,14,23H,4,9-13H2,1-3H3. The molecule has 4 nitrogen and oxygen atoms in total. The van der Waals surface area contributed by atoms with Crippen molar-refractivity contribution in [2.24, 2.45) is 0 Å². The zero-order valence-electron chi connectivity index (χ0n) is 14.4. The highest BCUT2D eigenvalue weighted by molar-refractivity contribution is 5.27. The molecule has 0 unspecified atom stereocenters. The van der Waals surface area contributed by atoms with Gasteiger partial charge >= 0.3 is 0 Å². The van der Waals surface area contributed by atoms with Crippen LogP contribution in [0.2, 0.25) is 0 Å². The third-order valence-corrected chi connectivity index (χ3v) is 5.04. The van der Waals surface area contributed by atoms with Crippen LogP contribution < -0.4 is 0 Å². The molecule has 2 heterocycles. The molecular weight excluding hydrogens is 286 g/mol. The van der Waals surface area contributed by atoms with Crippen molar-refractivity contribution in [1.82, 2.24) is 14.7 Å². The fourth-order valence-corrected chi connectivity index (χ4v) is 3.35. The lowest BCUT2D eigenvalue weighted by Crippen LogP contribution is -2.42. The SMILES string of the molecule is CCn1cc(CN2CCC(O)(c3ccc(C)cc3)CC2)c(C)n1. The molecule has 124 valence electrons. The fourth-order valence-electron chi connectivity index (χ4n) is 3.35. The summed E-state index contributed by atoms with van der Waals surface area (Å²) in [6, 6.07) is 8.31. The van der Waals surface area contributed by atoms with E-state index >= 15 is 0 Å². The second-order valence-electron chi connectivity index (χ2n) is 6.77. The minimum atomic E-state index is -0.674. The summed E-state index contributed by atoms with van der Waals surface area (Å²) in [6.07, 6.45) is 3.73. The number of hydrogen-bond acceptors (Lipinski definition) is 3. The van der Waals surface area contributed by atoms with Gasteiger partial charge in [-0.1, -0.05) is 29.8 Å². The van der Waals surface area contributed by atoms with E-state index in [4.69, 9.17) is 0 Å². The van der Waals surface area contributed by atoms with Crippen LogP contribution in [0.25, 0.3) is 0 Å². The second-order valence-corrected chi connectivity index (χ2v) is 6.77. The quantitative estimate of drug-likeness (QED) is 0.943. The van der Waals surface area contributed by atoms with Crippen LogP contribution in [0, 0.1) is 13.8 Å². The number of piperidine rings is 1. The Bertz CT molecular complexity index is 652. The molecule has 0 bridgehead atoms. The molecule has 1 aromatic heterocycles. The van der Waals surface area contributed by atoms with Crippen molar-refractivity contribution in [3.63, 3.8) is 0 Å². The van der Waals surface area contributed by atoms with Crippen LogP contribution in [0.4, 0.5) is 0 Å². The number of likely N-dealkylation sites (tertiary alicyclic amines) is 1. The Morgan fingerprint density at radius 2 is 1.78 bits per heavy atom. The highest BCUT2D eigenvalue weighted by atomic mass is 16.3. The minimum absolute atomic E-state index is 0.674. The predicted molar refractivity (Wildman–Crippen MR) is 92.2 cm³/mol. The fraction of sp³-hybridized carbons (Fsp3) is 0.526. The van der Waals surface area contributed by atoms with Crippen molar-refractivity contribution in [3.8, 4) is 0 Å². The van der Waals surface area contributed by atoms with Crippen LogP contribution in [0.1, 0.15) is 42.1 Å². The van der Waals surface area contributed by atoms with Crippen molar-refractivity contribution < 1.29 is 5.11 Å². The average molecular weight is 313 g/mol. The Morgan fingerprint density at radius 1 is 1.13 bits per heavy atom. The van der Waals surface area contributed by atoms with Crippen molar-refractivity contribution in [1.29, 1.82) is 0 Å². The lowest BCUT2D eigenvalue weighted by Gasteiger charge is -2.38. The Morgan fingerprint density at radius 3 is 2.35 bits per heavy atom. The van der Waals surface area contributed by atoms with Gasteiger partial charge in [0.1, 0.15) is 0 Å². The normalized spacial score (nSPS) is 18.3. The molecule has 1 aliphatic heterocycles. The Balaban J connectivity index is 1.63. The molecule has 0 saturated carbocycles. The first-order valence-corrected chi connectivity index (χ1v) is 8.55. The number of aryl methyl sites for hydroxylation is 3. The molecule has 0 amide bonds. The van der Waals surface area contributed by atoms with E-state index in [0.29, 0.717) is 0 Å². The summed E-state index contributed by atoms with van der Waals surface area (Å²) in [5.74, 6) is 0. The van der Waals surface area contributed by atoms with E-state index in [1.165, 1.54) is 11.1 Å². The van der Waals surface area contributed by atoms with Crippen LogP contribution >= 0.6 is 0 Å². The molecule has 0 aliphatic carbocycles. The van der Waals surface area contributed by atoms with Crippen LogP contribution in [0.5, 0.6) is 0 Å². The van der Waals surface area contributed by atoms with Gasteiger partial charge in [-0.3, -0.25) is 9.58 Å². The van der Waals surface area contributed by atoms with E-state index in [1.807, 2.05) is 4.68 Å². The van der Waals surface area contributed by atoms with Crippen molar-refractivity contribution in [2.45, 2.75) is 52.3 Å². The van der Waals surface area contributed by atoms with E-state index in [-0.39, 0.29) is 0 Å². The first-order chi connectivity index (χ1) is 11.0. The summed E-state index contributed by atoms with van der Waals surface area (Å²) in [7, 11) is 0. The Labute approximate surface area is 138 Å². The van der Waals surface area contributed by atoms with Gasteiger partial charge in [0.2, 0.25) is 0 Å². The highest BCUT2D eigenvalue weighted by Crippen LogP contribution is 2.33. The summed E-state index contributed by atoms with van der Waals surface area (Å²) in [6.45, 7) is 9.94. The number of aromatic nitrogens is 2. The largest absolute Gasteiger partial charge is 0.385 e. The van der Waals surface area contributed by atoms with Gasteiger partial charge in [0, 0.05) is 37.9 Å². The number of aliphatic hydroxyl groups is 1. The van der Waals surface area contributed by atoms with E-state index in [9.17, 15) is 5.11 Å². The first-order valence-electron chi connectivity index (χ1n) is 8.55. The van der Waals surface area contributed by atoms with E-state index < -0.39 is 5.60 Å². The van der Waals surface area contributed by atoms with E-state index in [1.54, 1.807) is 0 Å². The first kappa shape index (κ1) is 16.2. The van der Waals surface area contributed by atoms with Gasteiger partial charge in [-0.25, -0.2) is 0 Å². The third kappa shape index (κ3) is 3.48. The summed E-state index contributed by atoms with van der Waals surface area (Å²) in [5.41, 5.74) is 4.03. The molecule has 1 fully saturated rings. The molecule has 2 aromatic rings. The molecule has 4 heteroatoms. The van der Waals surface area contributed by atoms with Crippen molar-refractivity contribution in [2.75, 3.05) is 13.1 Å². The topological polar surface area (TPSA) is 41.3 Å². The van der Waals surface area contributed by atoms with Crippen molar-refractivity contribution >= 4 is 0 Å². The third-order valence-electron chi connectivity index (χ3n) is 5.04. The smallest absolute Gasteiger partial charge is 0.0920 e. The Hall–Kier alpha value is -1.65. The number of benzene rings is 1. The highest BCUT2D eigenvalue weighted by Gasteiger charge is 2.33. The molecule has 0 radical (unpaired) electrons. The maximum atomic E-state index is 11.0. The molecule has 1 aromatic carbocycles. The van der Waals surface area contributed by atoms with Crippen LogP contribution in [0.15, 0.2) is 30.5 Å². The minimum Gasteiger partial charge on any atom is -0.385 e. The van der Waals surface area contributed by atoms with Crippen molar-refractivity contribution in [3.05, 3.63) is 52.8 Å². The van der Waals surface area contributed by atoms with E-state index in [2.05, 4.69) is 61.2 Å². The molecule has 0 spiro atoms. The summed E-state index contributed by atoms with van der Waals surface area (Å²) in [4.78, 5) is 2.42. The Kier molecular flexibility index (Phi) is 4.55. The summed E-state index contributed by atoms with van der Waals surface area (Å²) >= 11 is 0. The van der Waals surface area contributed by atoms with Gasteiger partial charge in [-0.2, -0.15) is 5.10 Å². The number of hydrogen-bond donors (Lipinski definition) is 1. The molecule has 1 saturated heterocycles. The average Bonchev–Trinajstić information content (AvgIpc) is 2.90.